The SMILES string of the molecule is C#Cc1cn([C@H]2C[C@H](F)[C@@H](COC(=O)[C@@H](NOCc3cccc4c3Cc3ccccc3-4)[C@@H](C=C=O)CC)O2)c(=O)[nH]c1=O. The summed E-state index contributed by atoms with van der Waals surface area (Å²) in [6, 6.07) is 13.1. The van der Waals surface area contributed by atoms with Gasteiger partial charge in [0.2, 0.25) is 0 Å². The summed E-state index contributed by atoms with van der Waals surface area (Å²) in [4.78, 5) is 56.2. The van der Waals surface area contributed by atoms with E-state index in [0.29, 0.717) is 6.42 Å². The quantitative estimate of drug-likeness (QED) is 0.119. The molecule has 1 aromatic heterocycles. The third-order valence-corrected chi connectivity index (χ3v) is 7.81. The van der Waals surface area contributed by atoms with Gasteiger partial charge in [-0.1, -0.05) is 55.3 Å². The van der Waals surface area contributed by atoms with Gasteiger partial charge in [-0.2, -0.15) is 5.48 Å². The molecular weight excluding hydrogens is 557 g/mol. The van der Waals surface area contributed by atoms with E-state index in [9.17, 15) is 23.6 Å². The first kappa shape index (κ1) is 29.9. The van der Waals surface area contributed by atoms with Crippen molar-refractivity contribution >= 4 is 11.9 Å². The number of aromatic nitrogens is 2. The van der Waals surface area contributed by atoms with Crippen molar-refractivity contribution in [2.24, 2.45) is 5.92 Å². The number of hydrogen-bond acceptors (Lipinski definition) is 8. The summed E-state index contributed by atoms with van der Waals surface area (Å²) in [5, 5.41) is 0. The standard InChI is InChI=1S/C32H30FN3O7/c1-3-19(12-13-37)29(35-42-17-22-9-7-11-24-23-10-6-5-8-21(23)14-25(22)24)31(39)41-18-27-26(33)15-28(43-27)36-16-20(4-2)30(38)34-32(36)40/h2,5-12,16,19,26-29,35H,3,14-15,17-18H2,1H3,(H,34,38,40)/t19-,26+,27-,28-,29+/m1/s1. The Morgan fingerprint density at radius 2 is 2.05 bits per heavy atom. The van der Waals surface area contributed by atoms with Gasteiger partial charge in [-0.25, -0.2) is 14.0 Å². The lowest BCUT2D eigenvalue weighted by atomic mass is 9.98. The molecule has 5 atom stereocenters. The topological polar surface area (TPSA) is 129 Å². The molecule has 1 saturated heterocycles. The number of benzene rings is 2. The molecule has 0 saturated carbocycles. The van der Waals surface area contributed by atoms with Gasteiger partial charge in [0.05, 0.1) is 6.61 Å². The van der Waals surface area contributed by atoms with Crippen LogP contribution in [0.25, 0.3) is 11.1 Å². The molecule has 0 spiro atoms. The predicted molar refractivity (Wildman–Crippen MR) is 154 cm³/mol. The number of ether oxygens (including phenoxy) is 2. The van der Waals surface area contributed by atoms with Crippen LogP contribution in [0.2, 0.25) is 0 Å². The Morgan fingerprint density at radius 3 is 2.81 bits per heavy atom. The molecule has 11 heteroatoms. The van der Waals surface area contributed by atoms with Crippen LogP contribution in [0.15, 0.2) is 64.3 Å². The van der Waals surface area contributed by atoms with Gasteiger partial charge < -0.3 is 9.47 Å². The largest absolute Gasteiger partial charge is 0.462 e. The zero-order chi connectivity index (χ0) is 30.5. The number of terminal acetylenes is 1. The Kier molecular flexibility index (Phi) is 9.14. The van der Waals surface area contributed by atoms with E-state index < -0.39 is 54.3 Å². The highest BCUT2D eigenvalue weighted by Crippen LogP contribution is 2.38. The van der Waals surface area contributed by atoms with E-state index in [1.54, 1.807) is 12.9 Å². The molecule has 5 rings (SSSR count). The predicted octanol–water partition coefficient (Wildman–Crippen LogP) is 2.76. The molecule has 0 unspecified atom stereocenters. The normalized spacial score (nSPS) is 19.9. The number of halogens is 1. The van der Waals surface area contributed by atoms with Crippen LogP contribution in [-0.4, -0.2) is 46.4 Å². The summed E-state index contributed by atoms with van der Waals surface area (Å²) >= 11 is 0. The van der Waals surface area contributed by atoms with Crippen LogP contribution >= 0.6 is 0 Å². The Bertz CT molecular complexity index is 1720. The number of alkyl halides is 1. The Morgan fingerprint density at radius 1 is 1.26 bits per heavy atom. The molecule has 2 aliphatic rings. The highest BCUT2D eigenvalue weighted by molar-refractivity contribution is 5.78. The number of esters is 1. The number of rotatable bonds is 11. The fourth-order valence-corrected chi connectivity index (χ4v) is 5.48. The van der Waals surface area contributed by atoms with E-state index in [4.69, 9.17) is 20.7 Å². The van der Waals surface area contributed by atoms with Gasteiger partial charge in [0.1, 0.15) is 42.7 Å². The molecule has 2 heterocycles. The molecule has 1 aliphatic heterocycles. The Labute approximate surface area is 246 Å². The van der Waals surface area contributed by atoms with Crippen LogP contribution in [0.4, 0.5) is 4.39 Å². The minimum atomic E-state index is -1.57. The fraction of sp³-hybridized carbons (Fsp3) is 0.344. The van der Waals surface area contributed by atoms with Gasteiger partial charge in [0.25, 0.3) is 5.56 Å². The zero-order valence-corrected chi connectivity index (χ0v) is 23.4. The second-order valence-electron chi connectivity index (χ2n) is 10.4. The van der Waals surface area contributed by atoms with Gasteiger partial charge in [-0.05, 0) is 40.7 Å². The molecule has 2 aromatic carbocycles. The summed E-state index contributed by atoms with van der Waals surface area (Å²) in [6.45, 7) is 1.48. The second-order valence-corrected chi connectivity index (χ2v) is 10.4. The van der Waals surface area contributed by atoms with E-state index in [0.717, 1.165) is 33.9 Å². The van der Waals surface area contributed by atoms with Crippen molar-refractivity contribution in [1.82, 2.24) is 15.0 Å². The monoisotopic (exact) mass is 587 g/mol. The molecule has 43 heavy (non-hydrogen) atoms. The number of fused-ring (bicyclic) bond motifs is 3. The number of hydroxylamine groups is 1. The molecule has 0 radical (unpaired) electrons. The van der Waals surface area contributed by atoms with Gasteiger partial charge >= 0.3 is 11.7 Å². The summed E-state index contributed by atoms with van der Waals surface area (Å²) in [5.74, 6) is 2.48. The number of nitrogens with zero attached hydrogens (tertiary/aromatic N) is 1. The first-order valence-electron chi connectivity index (χ1n) is 13.9. The molecule has 2 N–H and O–H groups in total. The van der Waals surface area contributed by atoms with E-state index >= 15 is 0 Å². The lowest BCUT2D eigenvalue weighted by Crippen LogP contribution is -2.44. The van der Waals surface area contributed by atoms with Crippen molar-refractivity contribution in [3.63, 3.8) is 0 Å². The van der Waals surface area contributed by atoms with Crippen LogP contribution in [-0.2, 0) is 36.9 Å². The summed E-state index contributed by atoms with van der Waals surface area (Å²) < 4.78 is 26.9. The van der Waals surface area contributed by atoms with Gasteiger partial charge in [-0.3, -0.25) is 24.0 Å². The number of hydrogen-bond donors (Lipinski definition) is 2. The van der Waals surface area contributed by atoms with Crippen LogP contribution in [0.1, 0.15) is 48.2 Å². The summed E-state index contributed by atoms with van der Waals surface area (Å²) in [5.41, 5.74) is 6.73. The third kappa shape index (κ3) is 6.28. The average molecular weight is 588 g/mol. The van der Waals surface area contributed by atoms with Crippen LogP contribution < -0.4 is 16.7 Å². The number of H-pyrrole nitrogens is 1. The fourth-order valence-electron chi connectivity index (χ4n) is 5.48. The van der Waals surface area contributed by atoms with E-state index in [-0.39, 0.29) is 18.6 Å². The Balaban J connectivity index is 1.23. The average Bonchev–Trinajstić information content (AvgIpc) is 3.57. The number of nitrogens with one attached hydrogen (secondary N) is 2. The van der Waals surface area contributed by atoms with Crippen molar-refractivity contribution in [3.8, 4) is 23.5 Å². The number of aromatic amines is 1. The highest BCUT2D eigenvalue weighted by Gasteiger charge is 2.39. The summed E-state index contributed by atoms with van der Waals surface area (Å²) in [7, 11) is 0. The molecule has 0 amide bonds. The van der Waals surface area contributed by atoms with E-state index in [1.165, 1.54) is 17.2 Å². The van der Waals surface area contributed by atoms with E-state index in [2.05, 4.69) is 34.6 Å². The lowest BCUT2D eigenvalue weighted by Gasteiger charge is -2.24. The molecule has 10 nitrogen and oxygen atoms in total. The highest BCUT2D eigenvalue weighted by atomic mass is 19.1. The minimum absolute atomic E-state index is 0.110. The maximum absolute atomic E-state index is 14.9. The number of carbonyl (C=O) groups excluding carboxylic acids is 2. The molecular formula is C32H30FN3O7. The van der Waals surface area contributed by atoms with Crippen molar-refractivity contribution in [1.29, 1.82) is 0 Å². The third-order valence-electron chi connectivity index (χ3n) is 7.81. The zero-order valence-electron chi connectivity index (χ0n) is 23.4. The maximum atomic E-state index is 14.9. The van der Waals surface area contributed by atoms with Crippen molar-refractivity contribution < 1.29 is 28.3 Å². The van der Waals surface area contributed by atoms with Crippen LogP contribution in [0.3, 0.4) is 0 Å². The smallest absolute Gasteiger partial charge is 0.330 e. The van der Waals surface area contributed by atoms with Gasteiger partial charge in [-0.15, -0.1) is 6.42 Å². The molecule has 0 bridgehead atoms. The maximum Gasteiger partial charge on any atom is 0.330 e. The van der Waals surface area contributed by atoms with Gasteiger partial charge in [0, 0.05) is 24.6 Å². The number of carbonyl (C=O) groups is 1. The van der Waals surface area contributed by atoms with E-state index in [1.807, 2.05) is 24.3 Å². The van der Waals surface area contributed by atoms with Crippen LogP contribution in [0.5, 0.6) is 0 Å². The minimum Gasteiger partial charge on any atom is -0.462 e. The molecule has 1 fully saturated rings. The van der Waals surface area contributed by atoms with Gasteiger partial charge in [0.15, 0.2) is 0 Å². The van der Waals surface area contributed by atoms with Crippen molar-refractivity contribution in [3.05, 3.63) is 97.8 Å². The Hall–Kier alpha value is -4.59. The first-order valence-corrected chi connectivity index (χ1v) is 13.9. The second kappa shape index (κ2) is 13.2. The molecule has 1 aliphatic carbocycles. The molecule has 222 valence electrons. The molecule has 3 aromatic rings. The lowest BCUT2D eigenvalue weighted by molar-refractivity contribution is -0.158. The van der Waals surface area contributed by atoms with Crippen LogP contribution in [0, 0.1) is 18.3 Å². The van der Waals surface area contributed by atoms with Crippen molar-refractivity contribution in [2.45, 2.75) is 57.3 Å². The summed E-state index contributed by atoms with van der Waals surface area (Å²) in [6.07, 6.45) is 4.76. The first-order chi connectivity index (χ1) is 20.8. The van der Waals surface area contributed by atoms with Crippen molar-refractivity contribution in [2.75, 3.05) is 6.61 Å².